The number of allylic oxidation sites excluding steroid dienone is 2. The smallest absolute Gasteiger partial charge is 0.129 e. The van der Waals surface area contributed by atoms with Crippen LogP contribution in [0, 0.1) is 0 Å². The molecule has 0 spiro atoms. The van der Waals surface area contributed by atoms with Gasteiger partial charge in [-0.15, -0.1) is 0 Å². The van der Waals surface area contributed by atoms with Gasteiger partial charge in [-0.2, -0.15) is 0 Å². The van der Waals surface area contributed by atoms with Gasteiger partial charge in [0.05, 0.1) is 0 Å². The molecule has 0 aromatic heterocycles. The fourth-order valence-corrected chi connectivity index (χ4v) is 0.161. The Morgan fingerprint density at radius 1 is 0.875 bits per heavy atom. The molecule has 0 heterocycles. The second-order valence-electron chi connectivity index (χ2n) is 0.868. The molecule has 0 bridgehead atoms. The van der Waals surface area contributed by atoms with E-state index in [0.29, 0.717) is 0 Å². The molecule has 46 valence electrons. The van der Waals surface area contributed by atoms with Gasteiger partial charge in [0.2, 0.25) is 0 Å². The summed E-state index contributed by atoms with van der Waals surface area (Å²) in [5.74, 6) is 0. The highest BCUT2D eigenvalue weighted by atomic mass is 17.1. The van der Waals surface area contributed by atoms with Crippen LogP contribution in [0.2, 0.25) is 0 Å². The highest BCUT2D eigenvalue weighted by Gasteiger charge is 1.62. The predicted octanol–water partition coefficient (Wildman–Crippen LogP) is 0.993. The molecule has 0 fully saturated rings. The summed E-state index contributed by atoms with van der Waals surface area (Å²) in [5, 5.41) is 15.3. The second kappa shape index (κ2) is 6.00. The van der Waals surface area contributed by atoms with E-state index in [2.05, 4.69) is 9.78 Å². The van der Waals surface area contributed by atoms with Gasteiger partial charge in [-0.3, -0.25) is 0 Å². The van der Waals surface area contributed by atoms with Gasteiger partial charge >= 0.3 is 0 Å². The number of rotatable bonds is 3. The van der Waals surface area contributed by atoms with Crippen molar-refractivity contribution in [2.45, 2.75) is 0 Å². The minimum absolute atomic E-state index is 1.01. The standard InChI is InChI=1S/C4H6O4/c5-7-3-1-2-4-8-6/h1-6H/b3-1+,4-2?. The summed E-state index contributed by atoms with van der Waals surface area (Å²) in [6.45, 7) is 0. The Morgan fingerprint density at radius 2 is 1.25 bits per heavy atom. The topological polar surface area (TPSA) is 58.9 Å². The third kappa shape index (κ3) is 5.00. The second-order valence-corrected chi connectivity index (χ2v) is 0.868. The van der Waals surface area contributed by atoms with E-state index in [1.807, 2.05) is 0 Å². The van der Waals surface area contributed by atoms with Crippen LogP contribution in [-0.2, 0) is 9.78 Å². The average Bonchev–Trinajstić information content (AvgIpc) is 1.81. The van der Waals surface area contributed by atoms with E-state index in [9.17, 15) is 0 Å². The molecular weight excluding hydrogens is 112 g/mol. The Kier molecular flexibility index (Phi) is 5.25. The van der Waals surface area contributed by atoms with Crippen LogP contribution in [0.4, 0.5) is 0 Å². The predicted molar refractivity (Wildman–Crippen MR) is 25.7 cm³/mol. The van der Waals surface area contributed by atoms with Crippen molar-refractivity contribution in [3.05, 3.63) is 24.7 Å². The van der Waals surface area contributed by atoms with Crippen LogP contribution < -0.4 is 0 Å². The summed E-state index contributed by atoms with van der Waals surface area (Å²) in [6, 6.07) is 0. The lowest BCUT2D eigenvalue weighted by molar-refractivity contribution is -0.188. The molecule has 2 N–H and O–H groups in total. The van der Waals surface area contributed by atoms with Gasteiger partial charge in [-0.05, 0) is 12.2 Å². The van der Waals surface area contributed by atoms with Crippen molar-refractivity contribution in [3.63, 3.8) is 0 Å². The summed E-state index contributed by atoms with van der Waals surface area (Å²) in [6.07, 6.45) is 4.68. The van der Waals surface area contributed by atoms with Crippen molar-refractivity contribution in [3.8, 4) is 0 Å². The van der Waals surface area contributed by atoms with E-state index >= 15 is 0 Å². The van der Waals surface area contributed by atoms with E-state index in [-0.39, 0.29) is 0 Å². The Balaban J connectivity index is 3.13. The maximum absolute atomic E-state index is 7.64. The maximum Gasteiger partial charge on any atom is 0.129 e. The van der Waals surface area contributed by atoms with E-state index in [4.69, 9.17) is 10.5 Å². The summed E-state index contributed by atoms with van der Waals surface area (Å²) >= 11 is 0. The third-order valence-electron chi connectivity index (χ3n) is 0.390. The molecule has 0 unspecified atom stereocenters. The molecule has 0 atom stereocenters. The molecule has 0 radical (unpaired) electrons. The minimum Gasteiger partial charge on any atom is -0.348 e. The van der Waals surface area contributed by atoms with Crippen LogP contribution in [0.1, 0.15) is 0 Å². The molecule has 0 aromatic rings. The third-order valence-corrected chi connectivity index (χ3v) is 0.390. The van der Waals surface area contributed by atoms with Crippen molar-refractivity contribution in [1.29, 1.82) is 0 Å². The van der Waals surface area contributed by atoms with Gasteiger partial charge in [-0.1, -0.05) is 0 Å². The van der Waals surface area contributed by atoms with Crippen LogP contribution in [-0.4, -0.2) is 10.5 Å². The van der Waals surface area contributed by atoms with Crippen molar-refractivity contribution in [2.75, 3.05) is 0 Å². The Hall–Kier alpha value is -1.00. The monoisotopic (exact) mass is 118 g/mol. The van der Waals surface area contributed by atoms with E-state index in [1.54, 1.807) is 0 Å². The highest BCUT2D eigenvalue weighted by molar-refractivity contribution is 4.95. The first-order valence-electron chi connectivity index (χ1n) is 1.84. The fraction of sp³-hybridized carbons (Fsp3) is 0. The van der Waals surface area contributed by atoms with Crippen LogP contribution in [0.5, 0.6) is 0 Å². The first-order valence-corrected chi connectivity index (χ1v) is 1.84. The maximum atomic E-state index is 7.64. The van der Waals surface area contributed by atoms with Gasteiger partial charge in [0, 0.05) is 0 Å². The van der Waals surface area contributed by atoms with Gasteiger partial charge in [0.25, 0.3) is 0 Å². The summed E-state index contributed by atoms with van der Waals surface area (Å²) < 4.78 is 0. The van der Waals surface area contributed by atoms with E-state index in [0.717, 1.165) is 12.5 Å². The first-order chi connectivity index (χ1) is 3.91. The molecule has 0 aliphatic heterocycles. The normalized spacial score (nSPS) is 10.8. The molecule has 0 saturated heterocycles. The summed E-state index contributed by atoms with van der Waals surface area (Å²) in [4.78, 5) is 7.04. The van der Waals surface area contributed by atoms with Gasteiger partial charge in [0.1, 0.15) is 12.5 Å². The molecule has 0 rings (SSSR count). The zero-order valence-electron chi connectivity index (χ0n) is 4.02. The lowest BCUT2D eigenvalue weighted by atomic mass is 10.6. The largest absolute Gasteiger partial charge is 0.348 e. The van der Waals surface area contributed by atoms with Gasteiger partial charge < -0.3 is 9.78 Å². The fourth-order valence-electron chi connectivity index (χ4n) is 0.161. The van der Waals surface area contributed by atoms with Gasteiger partial charge in [0.15, 0.2) is 0 Å². The summed E-state index contributed by atoms with van der Waals surface area (Å²) in [7, 11) is 0. The summed E-state index contributed by atoms with van der Waals surface area (Å²) in [5.41, 5.74) is 0. The molecule has 0 saturated carbocycles. The van der Waals surface area contributed by atoms with Crippen LogP contribution in [0.25, 0.3) is 0 Å². The molecule has 0 aromatic carbocycles. The van der Waals surface area contributed by atoms with E-state index < -0.39 is 0 Å². The highest BCUT2D eigenvalue weighted by Crippen LogP contribution is 1.75. The zero-order valence-corrected chi connectivity index (χ0v) is 4.02. The van der Waals surface area contributed by atoms with Gasteiger partial charge in [-0.25, -0.2) is 10.5 Å². The van der Waals surface area contributed by atoms with Crippen LogP contribution in [0.15, 0.2) is 24.7 Å². The molecule has 4 heteroatoms. The lowest BCUT2D eigenvalue weighted by Gasteiger charge is -1.78. The Morgan fingerprint density at radius 3 is 1.50 bits per heavy atom. The van der Waals surface area contributed by atoms with Crippen molar-refractivity contribution in [1.82, 2.24) is 0 Å². The molecule has 0 amide bonds. The number of hydrogen-bond donors (Lipinski definition) is 2. The Bertz CT molecular complexity index is 74.0. The van der Waals surface area contributed by atoms with Crippen LogP contribution in [0.3, 0.4) is 0 Å². The number of hydrogen-bond acceptors (Lipinski definition) is 4. The Labute approximate surface area is 46.1 Å². The van der Waals surface area contributed by atoms with Crippen molar-refractivity contribution < 1.29 is 20.3 Å². The van der Waals surface area contributed by atoms with Crippen molar-refractivity contribution in [2.24, 2.45) is 0 Å². The molecule has 0 aliphatic rings. The molecule has 0 aliphatic carbocycles. The minimum atomic E-state index is 1.01. The zero-order chi connectivity index (χ0) is 6.24. The van der Waals surface area contributed by atoms with E-state index in [1.165, 1.54) is 12.2 Å². The quantitative estimate of drug-likeness (QED) is 0.251. The first kappa shape index (κ1) is 7.00. The molecule has 4 nitrogen and oxygen atoms in total. The average molecular weight is 118 g/mol. The van der Waals surface area contributed by atoms with Crippen LogP contribution >= 0.6 is 0 Å². The molecule has 8 heavy (non-hydrogen) atoms. The lowest BCUT2D eigenvalue weighted by Crippen LogP contribution is -1.65. The molecular formula is C4H6O4. The SMILES string of the molecule is OOC=C/C=C/OO. The van der Waals surface area contributed by atoms with Crippen molar-refractivity contribution >= 4 is 0 Å².